The summed E-state index contributed by atoms with van der Waals surface area (Å²) in [4.78, 5) is 25.1. The van der Waals surface area contributed by atoms with Gasteiger partial charge < -0.3 is 15.5 Å². The van der Waals surface area contributed by atoms with Gasteiger partial charge in [0.15, 0.2) is 13.1 Å². The number of carbonyl (C=O) groups is 2. The van der Waals surface area contributed by atoms with Crippen LogP contribution in [0.1, 0.15) is 16.7 Å². The van der Waals surface area contributed by atoms with Crippen molar-refractivity contribution in [3.63, 3.8) is 0 Å². The van der Waals surface area contributed by atoms with Crippen molar-refractivity contribution in [3.8, 4) is 0 Å². The number of aryl methyl sites for hydroxylation is 2. The average Bonchev–Trinajstić information content (AvgIpc) is 2.56. The van der Waals surface area contributed by atoms with Crippen LogP contribution in [0.5, 0.6) is 0 Å². The second kappa shape index (κ2) is 9.36. The highest BCUT2D eigenvalue weighted by Gasteiger charge is 2.15. The van der Waals surface area contributed by atoms with Gasteiger partial charge in [-0.2, -0.15) is 0 Å². The van der Waals surface area contributed by atoms with Crippen molar-refractivity contribution in [2.24, 2.45) is 0 Å². The molecule has 0 aliphatic rings. The molecule has 0 bridgehead atoms. The highest BCUT2D eigenvalue weighted by molar-refractivity contribution is 6.30. The maximum atomic E-state index is 12.2. The molecule has 6 heteroatoms. The van der Waals surface area contributed by atoms with Crippen LogP contribution in [-0.2, 0) is 16.1 Å². The minimum Gasteiger partial charge on any atom is -0.347 e. The van der Waals surface area contributed by atoms with Gasteiger partial charge in [-0.05, 0) is 48.7 Å². The first kappa shape index (κ1) is 19.9. The number of nitrogens with one attached hydrogen (secondary N) is 3. The SMILES string of the molecule is Cc1ccc(C)c(NC(=O)C[NH+](C)CC(=O)NCc2cccc(Cl)c2)c1. The molecule has 2 rings (SSSR count). The largest absolute Gasteiger partial charge is 0.347 e. The van der Waals surface area contributed by atoms with Crippen LogP contribution in [-0.4, -0.2) is 32.0 Å². The number of rotatable bonds is 7. The van der Waals surface area contributed by atoms with Crippen LogP contribution in [0.2, 0.25) is 5.02 Å². The third-order valence-corrected chi connectivity index (χ3v) is 4.21. The number of hydrogen-bond donors (Lipinski definition) is 3. The number of anilines is 1. The van der Waals surface area contributed by atoms with E-state index in [0.29, 0.717) is 11.6 Å². The van der Waals surface area contributed by atoms with Crippen LogP contribution < -0.4 is 15.5 Å². The molecule has 2 amide bonds. The number of benzene rings is 2. The van der Waals surface area contributed by atoms with E-state index in [9.17, 15) is 9.59 Å². The van der Waals surface area contributed by atoms with E-state index >= 15 is 0 Å². The van der Waals surface area contributed by atoms with Crippen molar-refractivity contribution in [1.29, 1.82) is 0 Å². The second-order valence-corrected chi connectivity index (χ2v) is 7.02. The quantitative estimate of drug-likeness (QED) is 0.691. The van der Waals surface area contributed by atoms with E-state index in [1.165, 1.54) is 0 Å². The Morgan fingerprint density at radius 2 is 1.77 bits per heavy atom. The number of hydrogen-bond acceptors (Lipinski definition) is 2. The van der Waals surface area contributed by atoms with Crippen molar-refractivity contribution >= 4 is 29.1 Å². The first-order chi connectivity index (χ1) is 12.3. The van der Waals surface area contributed by atoms with Crippen molar-refractivity contribution in [2.75, 3.05) is 25.5 Å². The van der Waals surface area contributed by atoms with Gasteiger partial charge in [-0.3, -0.25) is 9.59 Å². The first-order valence-corrected chi connectivity index (χ1v) is 8.91. The van der Waals surface area contributed by atoms with Crippen LogP contribution >= 0.6 is 11.6 Å². The molecule has 2 aromatic carbocycles. The van der Waals surface area contributed by atoms with E-state index in [2.05, 4.69) is 10.6 Å². The molecule has 0 fully saturated rings. The van der Waals surface area contributed by atoms with E-state index in [-0.39, 0.29) is 24.9 Å². The molecule has 2 aromatic rings. The maximum Gasteiger partial charge on any atom is 0.279 e. The van der Waals surface area contributed by atoms with Gasteiger partial charge in [0.1, 0.15) is 0 Å². The van der Waals surface area contributed by atoms with Gasteiger partial charge in [-0.25, -0.2) is 0 Å². The fraction of sp³-hybridized carbons (Fsp3) is 0.300. The van der Waals surface area contributed by atoms with Gasteiger partial charge in [0.05, 0.1) is 7.05 Å². The average molecular weight is 375 g/mol. The van der Waals surface area contributed by atoms with E-state index in [1.807, 2.05) is 57.3 Å². The lowest BCUT2D eigenvalue weighted by Crippen LogP contribution is -3.11. The number of quaternary nitrogens is 1. The number of carbonyl (C=O) groups excluding carboxylic acids is 2. The van der Waals surface area contributed by atoms with Gasteiger partial charge in [-0.15, -0.1) is 0 Å². The summed E-state index contributed by atoms with van der Waals surface area (Å²) in [7, 11) is 1.82. The molecule has 0 aliphatic heterocycles. The van der Waals surface area contributed by atoms with Gasteiger partial charge in [0.2, 0.25) is 0 Å². The molecular weight excluding hydrogens is 350 g/mol. The molecule has 0 aromatic heterocycles. The van der Waals surface area contributed by atoms with Gasteiger partial charge in [0.25, 0.3) is 11.8 Å². The molecule has 26 heavy (non-hydrogen) atoms. The van der Waals surface area contributed by atoms with Crippen molar-refractivity contribution in [2.45, 2.75) is 20.4 Å². The number of amides is 2. The van der Waals surface area contributed by atoms with Crippen molar-refractivity contribution in [3.05, 3.63) is 64.2 Å². The Bertz CT molecular complexity index is 792. The number of halogens is 1. The lowest BCUT2D eigenvalue weighted by molar-refractivity contribution is -0.862. The van der Waals surface area contributed by atoms with Crippen molar-refractivity contribution < 1.29 is 14.5 Å². The normalized spacial score (nSPS) is 11.7. The summed E-state index contributed by atoms with van der Waals surface area (Å²) in [5.74, 6) is -0.221. The summed E-state index contributed by atoms with van der Waals surface area (Å²) in [5, 5.41) is 6.40. The summed E-state index contributed by atoms with van der Waals surface area (Å²) in [6, 6.07) is 13.3. The molecule has 3 N–H and O–H groups in total. The Hall–Kier alpha value is -2.37. The van der Waals surface area contributed by atoms with Gasteiger partial charge in [0, 0.05) is 17.3 Å². The summed E-state index contributed by atoms with van der Waals surface area (Å²) in [5.41, 5.74) is 3.86. The third-order valence-electron chi connectivity index (χ3n) is 3.97. The molecule has 0 heterocycles. The fourth-order valence-electron chi connectivity index (χ4n) is 2.59. The van der Waals surface area contributed by atoms with Crippen LogP contribution in [0.15, 0.2) is 42.5 Å². The Morgan fingerprint density at radius 3 is 2.50 bits per heavy atom. The molecule has 0 saturated carbocycles. The second-order valence-electron chi connectivity index (χ2n) is 6.58. The van der Waals surface area contributed by atoms with Gasteiger partial charge >= 0.3 is 0 Å². The Labute approximate surface area is 159 Å². The number of likely N-dealkylation sites (N-methyl/N-ethyl adjacent to an activating group) is 1. The van der Waals surface area contributed by atoms with E-state index in [4.69, 9.17) is 11.6 Å². The van der Waals surface area contributed by atoms with Crippen molar-refractivity contribution in [1.82, 2.24) is 5.32 Å². The van der Waals surface area contributed by atoms with E-state index < -0.39 is 0 Å². The molecule has 1 atom stereocenters. The molecule has 0 saturated heterocycles. The molecular formula is C20H25ClN3O2+. The topological polar surface area (TPSA) is 62.6 Å². The zero-order valence-corrected chi connectivity index (χ0v) is 16.1. The monoisotopic (exact) mass is 374 g/mol. The zero-order valence-electron chi connectivity index (χ0n) is 15.4. The molecule has 0 radical (unpaired) electrons. The molecule has 1 unspecified atom stereocenters. The van der Waals surface area contributed by atoms with Crippen LogP contribution in [0, 0.1) is 13.8 Å². The van der Waals surface area contributed by atoms with E-state index in [0.717, 1.165) is 27.3 Å². The standard InChI is InChI=1S/C20H24ClN3O2/c1-14-7-8-15(2)18(9-14)23-20(26)13-24(3)12-19(25)22-11-16-5-4-6-17(21)10-16/h4-10H,11-13H2,1-3H3,(H,22,25)(H,23,26)/p+1. The molecule has 138 valence electrons. The highest BCUT2D eigenvalue weighted by Crippen LogP contribution is 2.15. The Kier molecular flexibility index (Phi) is 7.18. The molecule has 5 nitrogen and oxygen atoms in total. The minimum absolute atomic E-state index is 0.109. The maximum absolute atomic E-state index is 12.2. The van der Waals surface area contributed by atoms with Crippen LogP contribution in [0.3, 0.4) is 0 Å². The highest BCUT2D eigenvalue weighted by atomic mass is 35.5. The van der Waals surface area contributed by atoms with Gasteiger partial charge in [-0.1, -0.05) is 35.9 Å². The summed E-state index contributed by atoms with van der Waals surface area (Å²) >= 11 is 5.93. The first-order valence-electron chi connectivity index (χ1n) is 8.53. The zero-order chi connectivity index (χ0) is 19.1. The smallest absolute Gasteiger partial charge is 0.279 e. The lowest BCUT2D eigenvalue weighted by atomic mass is 10.1. The summed E-state index contributed by atoms with van der Waals surface area (Å²) < 4.78 is 0. The predicted octanol–water partition coefficient (Wildman–Crippen LogP) is 1.73. The Morgan fingerprint density at radius 1 is 1.04 bits per heavy atom. The van der Waals surface area contributed by atoms with Crippen LogP contribution in [0.25, 0.3) is 0 Å². The third kappa shape index (κ3) is 6.50. The van der Waals surface area contributed by atoms with Crippen LogP contribution in [0.4, 0.5) is 5.69 Å². The Balaban J connectivity index is 1.78. The fourth-order valence-corrected chi connectivity index (χ4v) is 2.80. The predicted molar refractivity (Wildman–Crippen MR) is 104 cm³/mol. The lowest BCUT2D eigenvalue weighted by Gasteiger charge is -2.15. The molecule has 0 spiro atoms. The minimum atomic E-state index is -0.112. The van der Waals surface area contributed by atoms with E-state index in [1.54, 1.807) is 6.07 Å². The summed E-state index contributed by atoms with van der Waals surface area (Å²) in [6.45, 7) is 4.80. The molecule has 0 aliphatic carbocycles. The summed E-state index contributed by atoms with van der Waals surface area (Å²) in [6.07, 6.45) is 0.